The zero-order valence-corrected chi connectivity index (χ0v) is 14.1. The minimum Gasteiger partial charge on any atom is -0.489 e. The lowest BCUT2D eigenvalue weighted by molar-refractivity contribution is 0.104. The highest BCUT2D eigenvalue weighted by molar-refractivity contribution is 6.14. The van der Waals surface area contributed by atoms with E-state index in [2.05, 4.69) is 0 Å². The van der Waals surface area contributed by atoms with E-state index in [4.69, 9.17) is 4.74 Å². The average Bonchev–Trinajstić information content (AvgIpc) is 2.72. The Bertz CT molecular complexity index is 954. The van der Waals surface area contributed by atoms with Crippen molar-refractivity contribution in [3.8, 4) is 11.8 Å². The summed E-state index contributed by atoms with van der Waals surface area (Å²) in [5, 5.41) is 9.37. The van der Waals surface area contributed by atoms with E-state index in [1.165, 1.54) is 0 Å². The van der Waals surface area contributed by atoms with Crippen LogP contribution in [-0.4, -0.2) is 5.78 Å². The van der Waals surface area contributed by atoms with Gasteiger partial charge in [-0.15, -0.1) is 0 Å². The number of carbonyl (C=O) groups is 1. The van der Waals surface area contributed by atoms with E-state index in [-0.39, 0.29) is 11.4 Å². The number of hydrogen-bond acceptors (Lipinski definition) is 3. The topological polar surface area (TPSA) is 50.1 Å². The average molecular weight is 339 g/mol. The van der Waals surface area contributed by atoms with Crippen molar-refractivity contribution < 1.29 is 9.53 Å². The fraction of sp³-hybridized carbons (Fsp3) is 0.0435. The molecule has 0 aliphatic carbocycles. The first-order chi connectivity index (χ1) is 12.8. The summed E-state index contributed by atoms with van der Waals surface area (Å²) in [7, 11) is 0. The second-order valence-electron chi connectivity index (χ2n) is 5.71. The Morgan fingerprint density at radius 1 is 0.923 bits per heavy atom. The van der Waals surface area contributed by atoms with Gasteiger partial charge < -0.3 is 4.74 Å². The van der Waals surface area contributed by atoms with Crippen molar-refractivity contribution in [3.05, 3.63) is 107 Å². The number of nitrogens with zero attached hydrogens (tertiary/aromatic N) is 1. The number of hydrogen-bond donors (Lipinski definition) is 0. The first-order valence-corrected chi connectivity index (χ1v) is 8.24. The molecule has 3 aromatic rings. The Balaban J connectivity index is 1.77. The van der Waals surface area contributed by atoms with Crippen molar-refractivity contribution in [3.63, 3.8) is 0 Å². The molecule has 0 saturated carbocycles. The summed E-state index contributed by atoms with van der Waals surface area (Å²) in [4.78, 5) is 12.5. The molecule has 0 spiro atoms. The van der Waals surface area contributed by atoms with E-state index >= 15 is 0 Å². The third-order valence-electron chi connectivity index (χ3n) is 3.82. The second-order valence-corrected chi connectivity index (χ2v) is 5.71. The Labute approximate surface area is 152 Å². The highest BCUT2D eigenvalue weighted by Crippen LogP contribution is 2.19. The zero-order chi connectivity index (χ0) is 18.2. The molecule has 0 fully saturated rings. The number of rotatable bonds is 6. The van der Waals surface area contributed by atoms with Crippen molar-refractivity contribution in [1.29, 1.82) is 5.26 Å². The summed E-state index contributed by atoms with van der Waals surface area (Å²) < 4.78 is 5.80. The molecule has 0 unspecified atom stereocenters. The molecule has 0 saturated heterocycles. The van der Waals surface area contributed by atoms with Crippen molar-refractivity contribution >= 4 is 11.9 Å². The Morgan fingerprint density at radius 3 is 2.31 bits per heavy atom. The largest absolute Gasteiger partial charge is 0.489 e. The smallest absolute Gasteiger partial charge is 0.203 e. The highest BCUT2D eigenvalue weighted by atomic mass is 16.5. The van der Waals surface area contributed by atoms with Crippen LogP contribution in [0.5, 0.6) is 5.75 Å². The Hall–Kier alpha value is -3.64. The molecule has 126 valence electrons. The third kappa shape index (κ3) is 4.46. The molecule has 0 aromatic heterocycles. The second kappa shape index (κ2) is 8.46. The van der Waals surface area contributed by atoms with Gasteiger partial charge in [-0.3, -0.25) is 4.79 Å². The van der Waals surface area contributed by atoms with E-state index in [1.807, 2.05) is 66.7 Å². The number of carbonyl (C=O) groups excluding carboxylic acids is 1. The zero-order valence-electron chi connectivity index (χ0n) is 14.1. The first-order valence-electron chi connectivity index (χ1n) is 8.24. The predicted molar refractivity (Wildman–Crippen MR) is 102 cm³/mol. The van der Waals surface area contributed by atoms with Crippen molar-refractivity contribution in [2.45, 2.75) is 6.61 Å². The van der Waals surface area contributed by atoms with Gasteiger partial charge in [-0.25, -0.2) is 0 Å². The summed E-state index contributed by atoms with van der Waals surface area (Å²) >= 11 is 0. The van der Waals surface area contributed by atoms with Crippen LogP contribution in [-0.2, 0) is 6.61 Å². The molecule has 0 radical (unpaired) electrons. The van der Waals surface area contributed by atoms with E-state index in [9.17, 15) is 10.1 Å². The van der Waals surface area contributed by atoms with Gasteiger partial charge in [0.2, 0.25) is 5.78 Å². The number of ether oxygens (including phenoxy) is 1. The van der Waals surface area contributed by atoms with Gasteiger partial charge in [0.05, 0.1) is 0 Å². The van der Waals surface area contributed by atoms with Crippen LogP contribution < -0.4 is 4.74 Å². The van der Waals surface area contributed by atoms with E-state index in [0.717, 1.165) is 11.1 Å². The van der Waals surface area contributed by atoms with Crippen molar-refractivity contribution in [2.24, 2.45) is 0 Å². The molecule has 0 N–H and O–H groups in total. The fourth-order valence-corrected chi connectivity index (χ4v) is 2.50. The molecule has 3 heteroatoms. The van der Waals surface area contributed by atoms with Crippen LogP contribution in [0.15, 0.2) is 90.5 Å². The third-order valence-corrected chi connectivity index (χ3v) is 3.82. The molecule has 26 heavy (non-hydrogen) atoms. The molecule has 0 heterocycles. The predicted octanol–water partition coefficient (Wildman–Crippen LogP) is 5.06. The van der Waals surface area contributed by atoms with Crippen LogP contribution in [0.1, 0.15) is 21.5 Å². The summed E-state index contributed by atoms with van der Waals surface area (Å²) in [6, 6.07) is 28.0. The number of allylic oxidation sites excluding steroid dienone is 1. The van der Waals surface area contributed by atoms with Gasteiger partial charge in [-0.1, -0.05) is 72.8 Å². The number of Topliss-reactive ketones (excluding diaryl/α,β-unsaturated/α-hetero) is 1. The van der Waals surface area contributed by atoms with Crippen LogP contribution >= 0.6 is 0 Å². The first kappa shape index (κ1) is 17.2. The van der Waals surface area contributed by atoms with E-state index < -0.39 is 0 Å². The number of nitriles is 1. The lowest BCUT2D eigenvalue weighted by Gasteiger charge is -2.07. The van der Waals surface area contributed by atoms with E-state index in [0.29, 0.717) is 17.9 Å². The molecule has 0 bridgehead atoms. The molecule has 0 amide bonds. The maximum Gasteiger partial charge on any atom is 0.203 e. The Morgan fingerprint density at radius 2 is 1.62 bits per heavy atom. The van der Waals surface area contributed by atoms with Gasteiger partial charge in [-0.05, 0) is 29.3 Å². The summed E-state index contributed by atoms with van der Waals surface area (Å²) in [6.07, 6.45) is 1.59. The molecule has 3 rings (SSSR count). The lowest BCUT2D eigenvalue weighted by Crippen LogP contribution is -2.01. The van der Waals surface area contributed by atoms with Crippen LogP contribution in [0.25, 0.3) is 6.08 Å². The maximum atomic E-state index is 12.5. The Kier molecular flexibility index (Phi) is 5.59. The van der Waals surface area contributed by atoms with Crippen LogP contribution in [0.2, 0.25) is 0 Å². The molecule has 0 aliphatic heterocycles. The lowest BCUT2D eigenvalue weighted by atomic mass is 10.0. The van der Waals surface area contributed by atoms with Gasteiger partial charge in [0, 0.05) is 5.56 Å². The monoisotopic (exact) mass is 339 g/mol. The van der Waals surface area contributed by atoms with Crippen molar-refractivity contribution in [1.82, 2.24) is 0 Å². The number of ketones is 1. The maximum absolute atomic E-state index is 12.5. The van der Waals surface area contributed by atoms with Crippen molar-refractivity contribution in [2.75, 3.05) is 0 Å². The van der Waals surface area contributed by atoms with Gasteiger partial charge in [-0.2, -0.15) is 5.26 Å². The summed E-state index contributed by atoms with van der Waals surface area (Å²) in [5.41, 5.74) is 2.41. The van der Waals surface area contributed by atoms with Crippen LogP contribution in [0.4, 0.5) is 0 Å². The fourth-order valence-electron chi connectivity index (χ4n) is 2.50. The minimum atomic E-state index is -0.288. The summed E-state index contributed by atoms with van der Waals surface area (Å²) in [6.45, 7) is 0.460. The quantitative estimate of drug-likeness (QED) is 0.358. The summed E-state index contributed by atoms with van der Waals surface area (Å²) in [5.74, 6) is 0.399. The van der Waals surface area contributed by atoms with Gasteiger partial charge in [0.1, 0.15) is 24.0 Å². The van der Waals surface area contributed by atoms with Crippen LogP contribution in [0, 0.1) is 11.3 Å². The molecular weight excluding hydrogens is 322 g/mol. The molecule has 0 atom stereocenters. The SMILES string of the molecule is N#C/C(=C\c1cccc(OCc2ccccc2)c1)C(=O)c1ccccc1. The highest BCUT2D eigenvalue weighted by Gasteiger charge is 2.11. The van der Waals surface area contributed by atoms with Gasteiger partial charge in [0.15, 0.2) is 0 Å². The number of benzene rings is 3. The van der Waals surface area contributed by atoms with Gasteiger partial charge >= 0.3 is 0 Å². The van der Waals surface area contributed by atoms with E-state index in [1.54, 1.807) is 30.3 Å². The van der Waals surface area contributed by atoms with Gasteiger partial charge in [0.25, 0.3) is 0 Å². The normalized spacial score (nSPS) is 10.8. The van der Waals surface area contributed by atoms with Crippen LogP contribution in [0.3, 0.4) is 0 Å². The standard InChI is InChI=1S/C23H17NO2/c24-16-21(23(25)20-11-5-2-6-12-20)14-19-10-7-13-22(15-19)26-17-18-8-3-1-4-9-18/h1-15H,17H2/b21-14+. The molecular formula is C23H17NO2. The molecule has 0 aliphatic rings. The minimum absolute atomic E-state index is 0.0939. The molecule has 3 aromatic carbocycles. The molecule has 3 nitrogen and oxygen atoms in total.